The number of rotatable bonds is 4. The summed E-state index contributed by atoms with van der Waals surface area (Å²) in [6.45, 7) is 7.14. The summed E-state index contributed by atoms with van der Waals surface area (Å²) >= 11 is 1.73. The van der Waals surface area contributed by atoms with Crippen molar-refractivity contribution in [2.24, 2.45) is 5.73 Å². The van der Waals surface area contributed by atoms with Gasteiger partial charge in [-0.25, -0.2) is 0 Å². The highest BCUT2D eigenvalue weighted by atomic mass is 32.2. The molecule has 0 fully saturated rings. The second kappa shape index (κ2) is 7.37. The average Bonchev–Trinajstić information content (AvgIpc) is 2.43. The molecule has 0 aromatic heterocycles. The molecule has 0 heterocycles. The highest BCUT2D eigenvalue weighted by Gasteiger charge is 2.17. The van der Waals surface area contributed by atoms with Gasteiger partial charge in [0.2, 0.25) is 0 Å². The summed E-state index contributed by atoms with van der Waals surface area (Å²) < 4.78 is 0.0389. The van der Waals surface area contributed by atoms with Crippen molar-refractivity contribution < 1.29 is 4.79 Å². The molecule has 0 atom stereocenters. The Bertz CT molecular complexity index is 541. The molecule has 0 aliphatic heterocycles. The van der Waals surface area contributed by atoms with E-state index in [4.69, 9.17) is 5.73 Å². The van der Waals surface area contributed by atoms with Crippen molar-refractivity contribution in [1.82, 2.24) is 5.32 Å². The van der Waals surface area contributed by atoms with Crippen LogP contribution < -0.4 is 11.1 Å². The molecular weight excluding hydrogens is 268 g/mol. The van der Waals surface area contributed by atoms with E-state index >= 15 is 0 Å². The summed E-state index contributed by atoms with van der Waals surface area (Å²) in [7, 11) is 0. The van der Waals surface area contributed by atoms with Gasteiger partial charge < -0.3 is 11.1 Å². The fourth-order valence-corrected chi connectivity index (χ4v) is 1.78. The summed E-state index contributed by atoms with van der Waals surface area (Å²) in [6, 6.07) is 5.53. The van der Waals surface area contributed by atoms with Crippen molar-refractivity contribution in [2.45, 2.75) is 25.5 Å². The van der Waals surface area contributed by atoms with Crippen LogP contribution >= 0.6 is 11.8 Å². The van der Waals surface area contributed by atoms with E-state index in [-0.39, 0.29) is 10.7 Å². The van der Waals surface area contributed by atoms with Crippen LogP contribution in [0.2, 0.25) is 0 Å². The van der Waals surface area contributed by atoms with Crippen LogP contribution in [0, 0.1) is 18.8 Å². The van der Waals surface area contributed by atoms with E-state index in [0.29, 0.717) is 18.7 Å². The van der Waals surface area contributed by atoms with Crippen LogP contribution in [-0.2, 0) is 0 Å². The van der Waals surface area contributed by atoms with Gasteiger partial charge in [-0.15, -0.1) is 0 Å². The van der Waals surface area contributed by atoms with Gasteiger partial charge in [-0.2, -0.15) is 11.8 Å². The minimum atomic E-state index is -0.0476. The number of amides is 1. The monoisotopic (exact) mass is 290 g/mol. The Hall–Kier alpha value is -1.44. The van der Waals surface area contributed by atoms with Crippen molar-refractivity contribution in [2.75, 3.05) is 19.3 Å². The van der Waals surface area contributed by atoms with Crippen LogP contribution in [0.3, 0.4) is 0 Å². The second-order valence-corrected chi connectivity index (χ2v) is 6.70. The Morgan fingerprint density at radius 1 is 1.45 bits per heavy atom. The Balaban J connectivity index is 2.78. The highest BCUT2D eigenvalue weighted by Crippen LogP contribution is 2.19. The van der Waals surface area contributed by atoms with Crippen LogP contribution in [0.1, 0.15) is 35.3 Å². The SMILES string of the molecule is CSC(C)(C)CNC(=O)c1ccc(C#CCN)c(C)c1. The standard InChI is InChI=1S/C16H22N2OS/c1-12-10-14(8-7-13(12)6-5-9-17)15(19)18-11-16(2,3)20-4/h7-8,10H,9,11,17H2,1-4H3,(H,18,19). The van der Waals surface area contributed by atoms with E-state index in [1.165, 1.54) is 0 Å². The van der Waals surface area contributed by atoms with Crippen molar-refractivity contribution in [3.63, 3.8) is 0 Å². The topological polar surface area (TPSA) is 55.1 Å². The minimum absolute atomic E-state index is 0.0389. The normalized spacial score (nSPS) is 10.7. The molecule has 0 aliphatic carbocycles. The number of aryl methyl sites for hydroxylation is 1. The fraction of sp³-hybridized carbons (Fsp3) is 0.438. The van der Waals surface area contributed by atoms with Crippen LogP contribution in [0.25, 0.3) is 0 Å². The van der Waals surface area contributed by atoms with Gasteiger partial charge in [0.25, 0.3) is 5.91 Å². The molecule has 0 unspecified atom stereocenters. The third kappa shape index (κ3) is 4.92. The predicted molar refractivity (Wildman–Crippen MR) is 87.0 cm³/mol. The first-order chi connectivity index (χ1) is 9.39. The maximum atomic E-state index is 12.1. The van der Waals surface area contributed by atoms with Gasteiger partial charge in [-0.3, -0.25) is 4.79 Å². The van der Waals surface area contributed by atoms with Gasteiger partial charge in [0, 0.05) is 22.4 Å². The Labute approximate surface area is 125 Å². The van der Waals surface area contributed by atoms with E-state index in [9.17, 15) is 4.79 Å². The Morgan fingerprint density at radius 3 is 2.70 bits per heavy atom. The van der Waals surface area contributed by atoms with E-state index in [1.54, 1.807) is 17.8 Å². The molecule has 1 amide bonds. The zero-order chi connectivity index (χ0) is 15.2. The van der Waals surface area contributed by atoms with Gasteiger partial charge >= 0.3 is 0 Å². The third-order valence-corrected chi connectivity index (χ3v) is 4.29. The van der Waals surface area contributed by atoms with Crippen LogP contribution in [0.4, 0.5) is 0 Å². The number of nitrogens with two attached hydrogens (primary N) is 1. The molecule has 0 radical (unpaired) electrons. The number of nitrogens with one attached hydrogen (secondary N) is 1. The molecule has 3 nitrogen and oxygen atoms in total. The number of thioether (sulfide) groups is 1. The molecule has 1 aromatic rings. The van der Waals surface area contributed by atoms with Gasteiger partial charge in [0.05, 0.1) is 6.54 Å². The van der Waals surface area contributed by atoms with Crippen LogP contribution in [0.5, 0.6) is 0 Å². The average molecular weight is 290 g/mol. The molecular formula is C16H22N2OS. The van der Waals surface area contributed by atoms with Gasteiger partial charge in [0.15, 0.2) is 0 Å². The smallest absolute Gasteiger partial charge is 0.251 e. The van der Waals surface area contributed by atoms with Gasteiger partial charge in [-0.1, -0.05) is 11.8 Å². The molecule has 20 heavy (non-hydrogen) atoms. The summed E-state index contributed by atoms with van der Waals surface area (Å²) in [4.78, 5) is 12.1. The zero-order valence-corrected chi connectivity index (χ0v) is 13.4. The summed E-state index contributed by atoms with van der Waals surface area (Å²) in [5.74, 6) is 5.77. The summed E-state index contributed by atoms with van der Waals surface area (Å²) in [5, 5.41) is 2.96. The maximum absolute atomic E-state index is 12.1. The molecule has 0 aliphatic rings. The first-order valence-corrected chi connectivity index (χ1v) is 7.75. The highest BCUT2D eigenvalue weighted by molar-refractivity contribution is 7.99. The quantitative estimate of drug-likeness (QED) is 0.836. The first-order valence-electron chi connectivity index (χ1n) is 6.52. The summed E-state index contributed by atoms with van der Waals surface area (Å²) in [5.41, 5.74) is 7.92. The molecule has 1 aromatic carbocycles. The van der Waals surface area contributed by atoms with E-state index in [0.717, 1.165) is 11.1 Å². The molecule has 0 saturated carbocycles. The lowest BCUT2D eigenvalue weighted by Crippen LogP contribution is -2.36. The van der Waals surface area contributed by atoms with Gasteiger partial charge in [-0.05, 0) is 50.8 Å². The van der Waals surface area contributed by atoms with E-state index < -0.39 is 0 Å². The lowest BCUT2D eigenvalue weighted by atomic mass is 10.0. The first kappa shape index (κ1) is 16.6. The molecule has 0 spiro atoms. The van der Waals surface area contributed by atoms with Crippen molar-refractivity contribution in [3.05, 3.63) is 34.9 Å². The summed E-state index contributed by atoms with van der Waals surface area (Å²) in [6.07, 6.45) is 2.04. The second-order valence-electron chi connectivity index (χ2n) is 5.18. The van der Waals surface area contributed by atoms with Crippen LogP contribution in [0.15, 0.2) is 18.2 Å². The third-order valence-electron chi connectivity index (χ3n) is 3.04. The lowest BCUT2D eigenvalue weighted by molar-refractivity contribution is 0.0950. The van der Waals surface area contributed by atoms with E-state index in [1.807, 2.05) is 25.3 Å². The van der Waals surface area contributed by atoms with Crippen molar-refractivity contribution >= 4 is 17.7 Å². The molecule has 4 heteroatoms. The largest absolute Gasteiger partial charge is 0.351 e. The van der Waals surface area contributed by atoms with Crippen molar-refractivity contribution in [3.8, 4) is 11.8 Å². The number of benzene rings is 1. The van der Waals surface area contributed by atoms with E-state index in [2.05, 4.69) is 31.0 Å². The number of hydrogen-bond donors (Lipinski definition) is 2. The molecule has 0 saturated heterocycles. The van der Waals surface area contributed by atoms with Gasteiger partial charge in [0.1, 0.15) is 0 Å². The number of hydrogen-bond acceptors (Lipinski definition) is 3. The number of carbonyl (C=O) groups is 1. The molecule has 1 rings (SSSR count). The minimum Gasteiger partial charge on any atom is -0.351 e. The van der Waals surface area contributed by atoms with Crippen LogP contribution in [-0.4, -0.2) is 30.0 Å². The predicted octanol–water partition coefficient (Wildman–Crippen LogP) is 2.18. The maximum Gasteiger partial charge on any atom is 0.251 e. The fourth-order valence-electron chi connectivity index (χ4n) is 1.56. The lowest BCUT2D eigenvalue weighted by Gasteiger charge is -2.22. The molecule has 108 valence electrons. The van der Waals surface area contributed by atoms with Crippen molar-refractivity contribution in [1.29, 1.82) is 0 Å². The molecule has 0 bridgehead atoms. The Morgan fingerprint density at radius 2 is 2.15 bits per heavy atom. The Kier molecular flexibility index (Phi) is 6.12. The zero-order valence-electron chi connectivity index (χ0n) is 12.5. The number of carbonyl (C=O) groups excluding carboxylic acids is 1. The molecule has 3 N–H and O–H groups in total.